The SMILES string of the molecule is CN(C)Cc1ncccc1OCC[C@@H]1CN(C(=O)O)CCN1. The number of aromatic nitrogens is 1. The van der Waals surface area contributed by atoms with Gasteiger partial charge in [0.05, 0.1) is 12.3 Å². The van der Waals surface area contributed by atoms with Crippen LogP contribution in [0, 0.1) is 0 Å². The predicted molar refractivity (Wildman–Crippen MR) is 83.1 cm³/mol. The van der Waals surface area contributed by atoms with Crippen molar-refractivity contribution in [3.8, 4) is 5.75 Å². The number of amides is 1. The van der Waals surface area contributed by atoms with Crippen LogP contribution in [0.25, 0.3) is 0 Å². The fourth-order valence-corrected chi connectivity index (χ4v) is 2.48. The highest BCUT2D eigenvalue weighted by atomic mass is 16.5. The van der Waals surface area contributed by atoms with E-state index in [1.54, 1.807) is 6.20 Å². The summed E-state index contributed by atoms with van der Waals surface area (Å²) in [5, 5.41) is 12.4. The molecule has 2 N–H and O–H groups in total. The number of carboxylic acid groups (broad SMARTS) is 1. The molecule has 1 aromatic heterocycles. The zero-order chi connectivity index (χ0) is 15.9. The Kier molecular flexibility index (Phi) is 5.97. The van der Waals surface area contributed by atoms with E-state index in [1.165, 1.54) is 4.90 Å². The lowest BCUT2D eigenvalue weighted by Gasteiger charge is -2.31. The summed E-state index contributed by atoms with van der Waals surface area (Å²) in [7, 11) is 3.98. The fourth-order valence-electron chi connectivity index (χ4n) is 2.48. The highest BCUT2D eigenvalue weighted by Crippen LogP contribution is 2.17. The number of pyridine rings is 1. The molecule has 0 spiro atoms. The molecule has 1 aromatic rings. The average molecular weight is 308 g/mol. The average Bonchev–Trinajstić information content (AvgIpc) is 2.49. The van der Waals surface area contributed by atoms with Gasteiger partial charge in [-0.1, -0.05) is 0 Å². The van der Waals surface area contributed by atoms with Gasteiger partial charge in [-0.2, -0.15) is 0 Å². The number of hydrogen-bond acceptors (Lipinski definition) is 5. The molecule has 122 valence electrons. The van der Waals surface area contributed by atoms with Gasteiger partial charge in [0.25, 0.3) is 0 Å². The summed E-state index contributed by atoms with van der Waals surface area (Å²) < 4.78 is 5.84. The Hall–Kier alpha value is -1.86. The number of rotatable bonds is 6. The van der Waals surface area contributed by atoms with Crippen molar-refractivity contribution in [3.63, 3.8) is 0 Å². The highest BCUT2D eigenvalue weighted by Gasteiger charge is 2.22. The Balaban J connectivity index is 1.82. The number of nitrogens with zero attached hydrogens (tertiary/aromatic N) is 3. The summed E-state index contributed by atoms with van der Waals surface area (Å²) in [6, 6.07) is 3.92. The summed E-state index contributed by atoms with van der Waals surface area (Å²) in [5.74, 6) is 0.794. The van der Waals surface area contributed by atoms with Crippen LogP contribution in [0.1, 0.15) is 12.1 Å². The van der Waals surface area contributed by atoms with Gasteiger partial charge in [0.15, 0.2) is 0 Å². The monoisotopic (exact) mass is 308 g/mol. The van der Waals surface area contributed by atoms with E-state index >= 15 is 0 Å². The van der Waals surface area contributed by atoms with Gasteiger partial charge >= 0.3 is 6.09 Å². The minimum absolute atomic E-state index is 0.138. The maximum Gasteiger partial charge on any atom is 0.407 e. The van der Waals surface area contributed by atoms with Crippen LogP contribution >= 0.6 is 0 Å². The van der Waals surface area contributed by atoms with E-state index in [0.717, 1.165) is 24.4 Å². The van der Waals surface area contributed by atoms with Gasteiger partial charge in [-0.25, -0.2) is 4.79 Å². The first-order chi connectivity index (χ1) is 10.6. The maximum atomic E-state index is 11.0. The van der Waals surface area contributed by atoms with Crippen LogP contribution in [0.3, 0.4) is 0 Å². The van der Waals surface area contributed by atoms with Crippen molar-refractivity contribution >= 4 is 6.09 Å². The standard InChI is InChI=1S/C15H24N4O3/c1-18(2)11-13-14(4-3-6-17-13)22-9-5-12-10-19(15(20)21)8-7-16-12/h3-4,6,12,16H,5,7-11H2,1-2H3,(H,20,21)/t12-/m1/s1. The van der Waals surface area contributed by atoms with Crippen molar-refractivity contribution in [2.75, 3.05) is 40.3 Å². The second kappa shape index (κ2) is 7.95. The Morgan fingerprint density at radius 1 is 1.59 bits per heavy atom. The van der Waals surface area contributed by atoms with Gasteiger partial charge in [-0.3, -0.25) is 4.98 Å². The third-order valence-corrected chi connectivity index (χ3v) is 3.56. The number of carbonyl (C=O) groups is 1. The largest absolute Gasteiger partial charge is 0.492 e. The van der Waals surface area contributed by atoms with Crippen molar-refractivity contribution in [1.82, 2.24) is 20.1 Å². The smallest absolute Gasteiger partial charge is 0.407 e. The molecule has 1 saturated heterocycles. The molecule has 2 heterocycles. The van der Waals surface area contributed by atoms with E-state index in [4.69, 9.17) is 9.84 Å². The number of nitrogens with one attached hydrogen (secondary N) is 1. The van der Waals surface area contributed by atoms with E-state index in [1.807, 2.05) is 31.1 Å². The summed E-state index contributed by atoms with van der Waals surface area (Å²) in [4.78, 5) is 18.8. The molecule has 1 atom stereocenters. The fraction of sp³-hybridized carbons (Fsp3) is 0.600. The quantitative estimate of drug-likeness (QED) is 0.812. The minimum Gasteiger partial charge on any atom is -0.492 e. The first-order valence-electron chi connectivity index (χ1n) is 7.49. The van der Waals surface area contributed by atoms with Crippen LogP contribution in [0.4, 0.5) is 4.79 Å². The molecular formula is C15H24N4O3. The van der Waals surface area contributed by atoms with Crippen LogP contribution < -0.4 is 10.1 Å². The maximum absolute atomic E-state index is 11.0. The van der Waals surface area contributed by atoms with Gasteiger partial charge in [-0.15, -0.1) is 0 Å². The molecular weight excluding hydrogens is 284 g/mol. The molecule has 0 bridgehead atoms. The number of ether oxygens (including phenoxy) is 1. The Bertz CT molecular complexity index is 495. The Morgan fingerprint density at radius 2 is 2.41 bits per heavy atom. The number of piperazine rings is 1. The van der Waals surface area contributed by atoms with Crippen LogP contribution in [0.15, 0.2) is 18.3 Å². The van der Waals surface area contributed by atoms with Crippen LogP contribution in [0.2, 0.25) is 0 Å². The van der Waals surface area contributed by atoms with Crippen LogP contribution in [-0.4, -0.2) is 72.4 Å². The molecule has 0 saturated carbocycles. The van der Waals surface area contributed by atoms with Crippen molar-refractivity contribution in [2.45, 2.75) is 19.0 Å². The third-order valence-electron chi connectivity index (χ3n) is 3.56. The van der Waals surface area contributed by atoms with E-state index in [0.29, 0.717) is 26.2 Å². The summed E-state index contributed by atoms with van der Waals surface area (Å²) in [6.07, 6.45) is 1.67. The highest BCUT2D eigenvalue weighted by molar-refractivity contribution is 5.65. The normalized spacial score (nSPS) is 18.5. The molecule has 2 rings (SSSR count). The van der Waals surface area contributed by atoms with Gasteiger partial charge < -0.3 is 25.0 Å². The zero-order valence-corrected chi connectivity index (χ0v) is 13.2. The topological polar surface area (TPSA) is 77.9 Å². The lowest BCUT2D eigenvalue weighted by atomic mass is 10.1. The van der Waals surface area contributed by atoms with Gasteiger partial charge in [0, 0.05) is 38.4 Å². The molecule has 0 aliphatic carbocycles. The lowest BCUT2D eigenvalue weighted by Crippen LogP contribution is -2.52. The molecule has 1 amide bonds. The van der Waals surface area contributed by atoms with E-state index < -0.39 is 6.09 Å². The first kappa shape index (κ1) is 16.5. The second-order valence-corrected chi connectivity index (χ2v) is 5.70. The molecule has 7 heteroatoms. The third kappa shape index (κ3) is 4.85. The minimum atomic E-state index is -0.854. The second-order valence-electron chi connectivity index (χ2n) is 5.70. The Labute approximate surface area is 130 Å². The molecule has 1 aliphatic rings. The van der Waals surface area contributed by atoms with Crippen molar-refractivity contribution in [1.29, 1.82) is 0 Å². The predicted octanol–water partition coefficient (Wildman–Crippen LogP) is 0.864. The Morgan fingerprint density at radius 3 is 3.14 bits per heavy atom. The zero-order valence-electron chi connectivity index (χ0n) is 13.2. The first-order valence-corrected chi connectivity index (χ1v) is 7.49. The van der Waals surface area contributed by atoms with E-state index in [9.17, 15) is 4.79 Å². The van der Waals surface area contributed by atoms with Crippen LogP contribution in [-0.2, 0) is 6.54 Å². The molecule has 7 nitrogen and oxygen atoms in total. The molecule has 0 unspecified atom stereocenters. The van der Waals surface area contributed by atoms with Crippen molar-refractivity contribution in [2.24, 2.45) is 0 Å². The molecule has 22 heavy (non-hydrogen) atoms. The van der Waals surface area contributed by atoms with Gasteiger partial charge in [-0.05, 0) is 32.6 Å². The summed E-state index contributed by atoms with van der Waals surface area (Å²) in [6.45, 7) is 3.01. The van der Waals surface area contributed by atoms with E-state index in [-0.39, 0.29) is 6.04 Å². The molecule has 0 radical (unpaired) electrons. The van der Waals surface area contributed by atoms with Gasteiger partial charge in [0.1, 0.15) is 5.75 Å². The lowest BCUT2D eigenvalue weighted by molar-refractivity contribution is 0.124. The van der Waals surface area contributed by atoms with E-state index in [2.05, 4.69) is 10.3 Å². The molecule has 0 aromatic carbocycles. The van der Waals surface area contributed by atoms with Crippen molar-refractivity contribution < 1.29 is 14.6 Å². The van der Waals surface area contributed by atoms with Crippen LogP contribution in [0.5, 0.6) is 5.75 Å². The summed E-state index contributed by atoms with van der Waals surface area (Å²) >= 11 is 0. The molecule has 1 fully saturated rings. The summed E-state index contributed by atoms with van der Waals surface area (Å²) in [5.41, 5.74) is 0.913. The van der Waals surface area contributed by atoms with Gasteiger partial charge in [0.2, 0.25) is 0 Å². The van der Waals surface area contributed by atoms with Crippen molar-refractivity contribution in [3.05, 3.63) is 24.0 Å². The number of hydrogen-bond donors (Lipinski definition) is 2. The molecule has 1 aliphatic heterocycles.